The largest absolute Gasteiger partial charge is 0.348 e. The van der Waals surface area contributed by atoms with Gasteiger partial charge in [-0.05, 0) is 31.9 Å². The van der Waals surface area contributed by atoms with Gasteiger partial charge in [-0.2, -0.15) is 0 Å². The number of halogens is 1. The predicted molar refractivity (Wildman–Crippen MR) is 75.9 cm³/mol. The third-order valence-corrected chi connectivity index (χ3v) is 3.29. The zero-order chi connectivity index (χ0) is 12.1. The van der Waals surface area contributed by atoms with Crippen LogP contribution in [0, 0.1) is 0 Å². The van der Waals surface area contributed by atoms with Gasteiger partial charge in [0.05, 0.1) is 12.1 Å². The first-order valence-corrected chi connectivity index (χ1v) is 6.36. The van der Waals surface area contributed by atoms with E-state index < -0.39 is 0 Å². The van der Waals surface area contributed by atoms with Gasteiger partial charge in [0.2, 0.25) is 5.91 Å². The molecule has 1 amide bonds. The molecule has 0 aliphatic carbocycles. The second-order valence-electron chi connectivity index (χ2n) is 4.64. The second kappa shape index (κ2) is 7.39. The fourth-order valence-corrected chi connectivity index (χ4v) is 2.21. The van der Waals surface area contributed by atoms with Crippen LogP contribution in [-0.4, -0.2) is 18.5 Å². The first-order chi connectivity index (χ1) is 8.27. The molecular weight excluding hydrogens is 248 g/mol. The summed E-state index contributed by atoms with van der Waals surface area (Å²) in [7, 11) is 0. The SMILES string of the molecule is C[C@@H](NC(=O)C1CCCCN1)c1ccccc1.Cl. The van der Waals surface area contributed by atoms with Crippen LogP contribution in [0.3, 0.4) is 0 Å². The first-order valence-electron chi connectivity index (χ1n) is 6.36. The molecule has 1 aliphatic rings. The van der Waals surface area contributed by atoms with E-state index in [1.165, 1.54) is 6.42 Å². The number of benzene rings is 1. The van der Waals surface area contributed by atoms with Crippen LogP contribution < -0.4 is 10.6 Å². The van der Waals surface area contributed by atoms with Gasteiger partial charge < -0.3 is 10.6 Å². The summed E-state index contributed by atoms with van der Waals surface area (Å²) >= 11 is 0. The maximum atomic E-state index is 12.0. The Bertz CT molecular complexity index is 363. The molecule has 4 heteroatoms. The van der Waals surface area contributed by atoms with E-state index >= 15 is 0 Å². The van der Waals surface area contributed by atoms with Crippen molar-refractivity contribution in [3.05, 3.63) is 35.9 Å². The Morgan fingerprint density at radius 1 is 1.33 bits per heavy atom. The predicted octanol–water partition coefficient (Wildman–Crippen LogP) is 2.43. The minimum atomic E-state index is -0.00471. The van der Waals surface area contributed by atoms with Gasteiger partial charge in [0.1, 0.15) is 0 Å². The zero-order valence-corrected chi connectivity index (χ0v) is 11.5. The van der Waals surface area contributed by atoms with Gasteiger partial charge in [0.25, 0.3) is 0 Å². The molecule has 2 atom stereocenters. The molecule has 2 N–H and O–H groups in total. The van der Waals surface area contributed by atoms with Crippen LogP contribution in [0.25, 0.3) is 0 Å². The Kier molecular flexibility index (Phi) is 6.16. The third kappa shape index (κ3) is 4.00. The molecule has 3 nitrogen and oxygen atoms in total. The molecule has 1 aromatic rings. The topological polar surface area (TPSA) is 41.1 Å². The van der Waals surface area contributed by atoms with Crippen molar-refractivity contribution in [2.24, 2.45) is 0 Å². The van der Waals surface area contributed by atoms with Gasteiger partial charge in [-0.25, -0.2) is 0 Å². The van der Waals surface area contributed by atoms with Crippen molar-refractivity contribution in [2.45, 2.75) is 38.3 Å². The van der Waals surface area contributed by atoms with Crippen LogP contribution in [0.15, 0.2) is 30.3 Å². The fraction of sp³-hybridized carbons (Fsp3) is 0.500. The summed E-state index contributed by atoms with van der Waals surface area (Å²) < 4.78 is 0. The van der Waals surface area contributed by atoms with Crippen LogP contribution in [0.1, 0.15) is 37.8 Å². The number of hydrogen-bond donors (Lipinski definition) is 2. The van der Waals surface area contributed by atoms with Crippen LogP contribution >= 0.6 is 12.4 Å². The number of carbonyl (C=O) groups excluding carboxylic acids is 1. The molecule has 0 bridgehead atoms. The van der Waals surface area contributed by atoms with Crippen molar-refractivity contribution < 1.29 is 4.79 Å². The molecule has 1 heterocycles. The summed E-state index contributed by atoms with van der Waals surface area (Å²) in [5.74, 6) is 0.126. The van der Waals surface area contributed by atoms with E-state index in [9.17, 15) is 4.79 Å². The molecular formula is C14H21ClN2O. The second-order valence-corrected chi connectivity index (χ2v) is 4.64. The van der Waals surface area contributed by atoms with Crippen LogP contribution in [-0.2, 0) is 4.79 Å². The van der Waals surface area contributed by atoms with Crippen molar-refractivity contribution in [1.82, 2.24) is 10.6 Å². The van der Waals surface area contributed by atoms with Gasteiger partial charge in [0, 0.05) is 0 Å². The standard InChI is InChI=1S/C14H20N2O.ClH/c1-11(12-7-3-2-4-8-12)16-14(17)13-9-5-6-10-15-13;/h2-4,7-8,11,13,15H,5-6,9-10H2,1H3,(H,16,17);1H/t11-,13?;/m1./s1. The first kappa shape index (κ1) is 15.0. The highest BCUT2D eigenvalue weighted by Crippen LogP contribution is 2.13. The molecule has 18 heavy (non-hydrogen) atoms. The average molecular weight is 269 g/mol. The highest BCUT2D eigenvalue weighted by Gasteiger charge is 2.21. The Hall–Kier alpha value is -1.06. The summed E-state index contributed by atoms with van der Waals surface area (Å²) in [5, 5.41) is 6.33. The molecule has 1 aromatic carbocycles. The number of rotatable bonds is 3. The van der Waals surface area contributed by atoms with Crippen LogP contribution in [0.5, 0.6) is 0 Å². The lowest BCUT2D eigenvalue weighted by molar-refractivity contribution is -0.124. The number of amides is 1. The molecule has 2 rings (SSSR count). The van der Waals surface area contributed by atoms with Gasteiger partial charge in [-0.15, -0.1) is 12.4 Å². The highest BCUT2D eigenvalue weighted by atomic mass is 35.5. The summed E-state index contributed by atoms with van der Waals surface area (Å²) in [6, 6.07) is 10.1. The van der Waals surface area contributed by atoms with Gasteiger partial charge >= 0.3 is 0 Å². The Balaban J connectivity index is 0.00000162. The summed E-state index contributed by atoms with van der Waals surface area (Å²) in [4.78, 5) is 12.0. The van der Waals surface area contributed by atoms with Gasteiger partial charge in [-0.3, -0.25) is 4.79 Å². The molecule has 0 spiro atoms. The molecule has 100 valence electrons. The monoisotopic (exact) mass is 268 g/mol. The minimum absolute atomic E-state index is 0. The lowest BCUT2D eigenvalue weighted by atomic mass is 10.0. The fourth-order valence-electron chi connectivity index (χ4n) is 2.21. The summed E-state index contributed by atoms with van der Waals surface area (Å²) in [6.45, 7) is 2.98. The smallest absolute Gasteiger partial charge is 0.237 e. The molecule has 1 fully saturated rings. The number of nitrogens with one attached hydrogen (secondary N) is 2. The number of carbonyl (C=O) groups is 1. The van der Waals surface area contributed by atoms with E-state index in [1.807, 2.05) is 37.3 Å². The van der Waals surface area contributed by atoms with E-state index in [1.54, 1.807) is 0 Å². The summed E-state index contributed by atoms with van der Waals surface area (Å²) in [5.41, 5.74) is 1.15. The van der Waals surface area contributed by atoms with Crippen molar-refractivity contribution in [2.75, 3.05) is 6.54 Å². The normalized spacial score (nSPS) is 20.6. The lowest BCUT2D eigenvalue weighted by Gasteiger charge is -2.24. The van der Waals surface area contributed by atoms with Crippen molar-refractivity contribution in [3.8, 4) is 0 Å². The van der Waals surface area contributed by atoms with E-state index in [0.717, 1.165) is 24.9 Å². The quantitative estimate of drug-likeness (QED) is 0.884. The molecule has 0 aromatic heterocycles. The van der Waals surface area contributed by atoms with E-state index in [4.69, 9.17) is 0 Å². The lowest BCUT2D eigenvalue weighted by Crippen LogP contribution is -2.47. The van der Waals surface area contributed by atoms with Crippen molar-refractivity contribution in [1.29, 1.82) is 0 Å². The maximum absolute atomic E-state index is 12.0. The zero-order valence-electron chi connectivity index (χ0n) is 10.7. The molecule has 1 aliphatic heterocycles. The Morgan fingerprint density at radius 2 is 2.06 bits per heavy atom. The Labute approximate surface area is 115 Å². The third-order valence-electron chi connectivity index (χ3n) is 3.29. The average Bonchev–Trinajstić information content (AvgIpc) is 2.40. The van der Waals surface area contributed by atoms with Crippen LogP contribution in [0.2, 0.25) is 0 Å². The maximum Gasteiger partial charge on any atom is 0.237 e. The Morgan fingerprint density at radius 3 is 2.67 bits per heavy atom. The minimum Gasteiger partial charge on any atom is -0.348 e. The van der Waals surface area contributed by atoms with E-state index in [0.29, 0.717) is 0 Å². The van der Waals surface area contributed by atoms with Crippen molar-refractivity contribution >= 4 is 18.3 Å². The van der Waals surface area contributed by atoms with E-state index in [2.05, 4.69) is 10.6 Å². The summed E-state index contributed by atoms with van der Waals surface area (Å²) in [6.07, 6.45) is 3.27. The van der Waals surface area contributed by atoms with Crippen molar-refractivity contribution in [3.63, 3.8) is 0 Å². The van der Waals surface area contributed by atoms with Crippen LogP contribution in [0.4, 0.5) is 0 Å². The molecule has 1 unspecified atom stereocenters. The van der Waals surface area contributed by atoms with E-state index in [-0.39, 0.29) is 30.4 Å². The molecule has 0 saturated carbocycles. The molecule has 1 saturated heterocycles. The van der Waals surface area contributed by atoms with Gasteiger partial charge in [-0.1, -0.05) is 36.8 Å². The highest BCUT2D eigenvalue weighted by molar-refractivity contribution is 5.85. The van der Waals surface area contributed by atoms with Gasteiger partial charge in [0.15, 0.2) is 0 Å². The number of hydrogen-bond acceptors (Lipinski definition) is 2. The molecule has 0 radical (unpaired) electrons. The number of piperidine rings is 1.